The van der Waals surface area contributed by atoms with E-state index >= 15 is 0 Å². The highest BCUT2D eigenvalue weighted by Gasteiger charge is 2.18. The number of unbranched alkanes of at least 4 members (excludes halogenated alkanes) is 1. The molecular weight excluding hydrogens is 462 g/mol. The molecule has 2 heterocycles. The summed E-state index contributed by atoms with van der Waals surface area (Å²) in [7, 11) is 1.72. The van der Waals surface area contributed by atoms with E-state index < -0.39 is 0 Å². The van der Waals surface area contributed by atoms with E-state index in [0.717, 1.165) is 74.1 Å². The number of hydrogen-bond acceptors (Lipinski definition) is 5. The molecule has 0 amide bonds. The number of benzene rings is 3. The van der Waals surface area contributed by atoms with Crippen LogP contribution in [0.15, 0.2) is 79.0 Å². The number of ether oxygens (including phenoxy) is 3. The fourth-order valence-electron chi connectivity index (χ4n) is 4.78. The van der Waals surface area contributed by atoms with Crippen molar-refractivity contribution >= 4 is 0 Å². The van der Waals surface area contributed by atoms with Crippen LogP contribution in [-0.2, 0) is 26.1 Å². The normalized spacial score (nSPS) is 12.3. The monoisotopic (exact) mass is 497 g/mol. The maximum atomic E-state index is 5.64. The molecule has 37 heavy (non-hydrogen) atoms. The molecule has 5 rings (SSSR count). The molecule has 6 heteroatoms. The lowest BCUT2D eigenvalue weighted by atomic mass is 10.1. The summed E-state index contributed by atoms with van der Waals surface area (Å²) in [4.78, 5) is 7.36. The second kappa shape index (κ2) is 12.0. The lowest BCUT2D eigenvalue weighted by molar-refractivity contribution is 0.174. The molecule has 6 nitrogen and oxygen atoms in total. The lowest BCUT2D eigenvalue weighted by Gasteiger charge is -2.24. The first kappa shape index (κ1) is 24.9. The molecule has 192 valence electrons. The van der Waals surface area contributed by atoms with Gasteiger partial charge in [-0.2, -0.15) is 0 Å². The van der Waals surface area contributed by atoms with Gasteiger partial charge in [-0.05, 0) is 48.2 Å². The van der Waals surface area contributed by atoms with E-state index in [9.17, 15) is 0 Å². The van der Waals surface area contributed by atoms with Crippen LogP contribution in [0.3, 0.4) is 0 Å². The van der Waals surface area contributed by atoms with Gasteiger partial charge in [-0.1, -0.05) is 61.9 Å². The molecule has 1 aliphatic rings. The zero-order valence-corrected chi connectivity index (χ0v) is 21.7. The number of aromatic nitrogens is 2. The highest BCUT2D eigenvalue weighted by atomic mass is 16.7. The van der Waals surface area contributed by atoms with Crippen LogP contribution in [-0.4, -0.2) is 34.9 Å². The highest BCUT2D eigenvalue weighted by Crippen LogP contribution is 2.33. The summed E-state index contributed by atoms with van der Waals surface area (Å²) in [6.45, 7) is 6.00. The van der Waals surface area contributed by atoms with Crippen molar-refractivity contribution in [3.05, 3.63) is 95.8 Å². The summed E-state index contributed by atoms with van der Waals surface area (Å²) < 4.78 is 19.0. The van der Waals surface area contributed by atoms with E-state index in [-0.39, 0.29) is 6.79 Å². The minimum Gasteiger partial charge on any atom is -0.497 e. The van der Waals surface area contributed by atoms with Gasteiger partial charge in [0.2, 0.25) is 6.79 Å². The second-order valence-corrected chi connectivity index (χ2v) is 9.44. The van der Waals surface area contributed by atoms with Gasteiger partial charge in [-0.15, -0.1) is 0 Å². The van der Waals surface area contributed by atoms with Crippen molar-refractivity contribution in [2.45, 2.75) is 45.8 Å². The third-order valence-electron chi connectivity index (χ3n) is 6.79. The number of imidazole rings is 1. The zero-order chi connectivity index (χ0) is 25.5. The van der Waals surface area contributed by atoms with Crippen LogP contribution in [0.5, 0.6) is 17.2 Å². The van der Waals surface area contributed by atoms with Gasteiger partial charge in [0.1, 0.15) is 11.6 Å². The third-order valence-corrected chi connectivity index (χ3v) is 6.79. The summed E-state index contributed by atoms with van der Waals surface area (Å²) in [5.41, 5.74) is 4.86. The van der Waals surface area contributed by atoms with Crippen molar-refractivity contribution in [3.63, 3.8) is 0 Å². The largest absolute Gasteiger partial charge is 0.497 e. The summed E-state index contributed by atoms with van der Waals surface area (Å²) in [5.74, 6) is 3.58. The van der Waals surface area contributed by atoms with Crippen LogP contribution in [0, 0.1) is 0 Å². The van der Waals surface area contributed by atoms with Gasteiger partial charge in [0.05, 0.1) is 19.0 Å². The Bertz CT molecular complexity index is 1300. The molecule has 1 aromatic heterocycles. The molecule has 0 spiro atoms. The maximum Gasteiger partial charge on any atom is 0.231 e. The minimum absolute atomic E-state index is 0.289. The SMILES string of the molecule is CCCCn1c(CN(CCc2cccc(OC)c2)Cc2ccc3c(c2)OCO3)cnc1-c1ccccc1. The van der Waals surface area contributed by atoms with E-state index in [0.29, 0.717) is 0 Å². The summed E-state index contributed by atoms with van der Waals surface area (Å²) >= 11 is 0. The molecule has 0 unspecified atom stereocenters. The van der Waals surface area contributed by atoms with Crippen LogP contribution in [0.1, 0.15) is 36.6 Å². The van der Waals surface area contributed by atoms with Crippen molar-refractivity contribution in [2.75, 3.05) is 20.4 Å². The van der Waals surface area contributed by atoms with Crippen molar-refractivity contribution in [3.8, 4) is 28.6 Å². The van der Waals surface area contributed by atoms with Crippen LogP contribution < -0.4 is 14.2 Å². The Morgan fingerprint density at radius 2 is 1.78 bits per heavy atom. The molecule has 0 saturated carbocycles. The van der Waals surface area contributed by atoms with Crippen LogP contribution in [0.4, 0.5) is 0 Å². The predicted octanol–water partition coefficient (Wildman–Crippen LogP) is 6.33. The molecule has 0 aliphatic carbocycles. The summed E-state index contributed by atoms with van der Waals surface area (Å²) in [6.07, 6.45) is 5.24. The van der Waals surface area contributed by atoms with Crippen molar-refractivity contribution in [1.82, 2.24) is 14.5 Å². The number of nitrogens with zero attached hydrogens (tertiary/aromatic N) is 3. The molecule has 0 atom stereocenters. The molecule has 4 aromatic rings. The number of rotatable bonds is 12. The molecule has 0 radical (unpaired) electrons. The average Bonchev–Trinajstić information content (AvgIpc) is 3.57. The molecule has 0 fully saturated rings. The van der Waals surface area contributed by atoms with E-state index in [1.807, 2.05) is 12.1 Å². The van der Waals surface area contributed by atoms with Crippen LogP contribution >= 0.6 is 0 Å². The first-order valence-corrected chi connectivity index (χ1v) is 13.1. The number of methoxy groups -OCH3 is 1. The Morgan fingerprint density at radius 3 is 2.62 bits per heavy atom. The van der Waals surface area contributed by atoms with Crippen molar-refractivity contribution < 1.29 is 14.2 Å². The van der Waals surface area contributed by atoms with Gasteiger partial charge in [-0.3, -0.25) is 4.90 Å². The topological polar surface area (TPSA) is 48.8 Å². The standard InChI is InChI=1S/C31H35N3O3/c1-3-4-16-34-27(20-32-31(34)26-10-6-5-7-11-26)22-33(17-15-24-9-8-12-28(18-24)35-2)21-25-13-14-29-30(19-25)37-23-36-29/h5-14,18-20H,3-4,15-17,21-23H2,1-2H3. The molecular formula is C31H35N3O3. The highest BCUT2D eigenvalue weighted by molar-refractivity contribution is 5.56. The number of hydrogen-bond donors (Lipinski definition) is 0. The van der Waals surface area contributed by atoms with Crippen molar-refractivity contribution in [2.24, 2.45) is 0 Å². The van der Waals surface area contributed by atoms with Crippen LogP contribution in [0.2, 0.25) is 0 Å². The van der Waals surface area contributed by atoms with Gasteiger partial charge < -0.3 is 18.8 Å². The van der Waals surface area contributed by atoms with Gasteiger partial charge in [-0.25, -0.2) is 4.98 Å². The molecule has 1 aliphatic heterocycles. The second-order valence-electron chi connectivity index (χ2n) is 9.44. The molecule has 0 saturated heterocycles. The average molecular weight is 498 g/mol. The Morgan fingerprint density at radius 1 is 0.919 bits per heavy atom. The minimum atomic E-state index is 0.289. The predicted molar refractivity (Wildman–Crippen MR) is 146 cm³/mol. The van der Waals surface area contributed by atoms with Crippen molar-refractivity contribution in [1.29, 1.82) is 0 Å². The fraction of sp³-hybridized carbons (Fsp3) is 0.323. The Hall–Kier alpha value is -3.77. The van der Waals surface area contributed by atoms with E-state index in [4.69, 9.17) is 19.2 Å². The molecule has 0 N–H and O–H groups in total. The Balaban J connectivity index is 1.40. The van der Waals surface area contributed by atoms with Gasteiger partial charge >= 0.3 is 0 Å². The van der Waals surface area contributed by atoms with Gasteiger partial charge in [0, 0.05) is 31.7 Å². The lowest BCUT2D eigenvalue weighted by Crippen LogP contribution is -2.27. The Labute approximate surface area is 219 Å². The van der Waals surface area contributed by atoms with E-state index in [1.54, 1.807) is 7.11 Å². The summed E-state index contributed by atoms with van der Waals surface area (Å²) in [5, 5.41) is 0. The first-order valence-electron chi connectivity index (χ1n) is 13.1. The molecule has 3 aromatic carbocycles. The first-order chi connectivity index (χ1) is 18.2. The van der Waals surface area contributed by atoms with Crippen LogP contribution in [0.25, 0.3) is 11.4 Å². The zero-order valence-electron chi connectivity index (χ0n) is 21.7. The quantitative estimate of drug-likeness (QED) is 0.229. The summed E-state index contributed by atoms with van der Waals surface area (Å²) in [6, 6.07) is 25.1. The fourth-order valence-corrected chi connectivity index (χ4v) is 4.78. The van der Waals surface area contributed by atoms with Gasteiger partial charge in [0.15, 0.2) is 11.5 Å². The third kappa shape index (κ3) is 6.15. The number of fused-ring (bicyclic) bond motifs is 1. The van der Waals surface area contributed by atoms with Gasteiger partial charge in [0.25, 0.3) is 0 Å². The maximum absolute atomic E-state index is 5.64. The molecule has 0 bridgehead atoms. The van der Waals surface area contributed by atoms with E-state index in [1.165, 1.54) is 16.8 Å². The Kier molecular flexibility index (Phi) is 8.06. The van der Waals surface area contributed by atoms with E-state index in [2.05, 4.69) is 83.3 Å². The smallest absolute Gasteiger partial charge is 0.231 e.